The molecular formula is C25H27NO4. The molecule has 0 radical (unpaired) electrons. The Morgan fingerprint density at radius 3 is 2.57 bits per heavy atom. The van der Waals surface area contributed by atoms with Crippen LogP contribution in [0.2, 0.25) is 0 Å². The van der Waals surface area contributed by atoms with Crippen LogP contribution < -0.4 is 10.1 Å². The molecular weight excluding hydrogens is 378 g/mol. The summed E-state index contributed by atoms with van der Waals surface area (Å²) in [6, 6.07) is 15.4. The molecule has 0 unspecified atom stereocenters. The number of hydrogen-bond donors (Lipinski definition) is 1. The van der Waals surface area contributed by atoms with Crippen molar-refractivity contribution in [1.82, 2.24) is 5.32 Å². The van der Waals surface area contributed by atoms with E-state index in [4.69, 9.17) is 9.47 Å². The lowest BCUT2D eigenvalue weighted by Crippen LogP contribution is -2.31. The van der Waals surface area contributed by atoms with Gasteiger partial charge in [0.2, 0.25) is 0 Å². The van der Waals surface area contributed by atoms with Crippen LogP contribution in [-0.4, -0.2) is 32.1 Å². The lowest BCUT2D eigenvalue weighted by Gasteiger charge is -2.24. The van der Waals surface area contributed by atoms with E-state index in [1.54, 1.807) is 7.11 Å². The lowest BCUT2D eigenvalue weighted by atomic mass is 9.75. The number of fused-ring (bicyclic) bond motifs is 1. The van der Waals surface area contributed by atoms with E-state index in [1.165, 1.54) is 0 Å². The van der Waals surface area contributed by atoms with Gasteiger partial charge in [0.15, 0.2) is 0 Å². The van der Waals surface area contributed by atoms with E-state index in [0.717, 1.165) is 35.3 Å². The molecule has 5 nitrogen and oxygen atoms in total. The van der Waals surface area contributed by atoms with Crippen LogP contribution in [0.25, 0.3) is 0 Å². The summed E-state index contributed by atoms with van der Waals surface area (Å²) in [5.41, 5.74) is 3.46. The molecule has 5 heteroatoms. The summed E-state index contributed by atoms with van der Waals surface area (Å²) in [4.78, 5) is 24.9. The summed E-state index contributed by atoms with van der Waals surface area (Å²) >= 11 is 0. The van der Waals surface area contributed by atoms with E-state index < -0.39 is 5.41 Å². The second kappa shape index (κ2) is 8.34. The first-order valence-corrected chi connectivity index (χ1v) is 10.3. The SMILES string of the molecule is C=C1C[C@@H]2COC(=O)[C@]2(Cc2ccc(C(=O)NCCc3ccc(OC)cc3)cc2)C1. The fourth-order valence-electron chi connectivity index (χ4n) is 4.62. The van der Waals surface area contributed by atoms with E-state index in [1.807, 2.05) is 48.5 Å². The summed E-state index contributed by atoms with van der Waals surface area (Å²) in [6.45, 7) is 5.14. The summed E-state index contributed by atoms with van der Waals surface area (Å²) in [5.74, 6) is 0.840. The molecule has 4 rings (SSSR count). The first kappa shape index (κ1) is 20.2. The predicted molar refractivity (Wildman–Crippen MR) is 114 cm³/mol. The number of ether oxygens (including phenoxy) is 2. The van der Waals surface area contributed by atoms with Crippen LogP contribution >= 0.6 is 0 Å². The first-order chi connectivity index (χ1) is 14.5. The number of amides is 1. The molecule has 1 amide bonds. The van der Waals surface area contributed by atoms with E-state index in [9.17, 15) is 9.59 Å². The number of benzene rings is 2. The molecule has 1 N–H and O–H groups in total. The van der Waals surface area contributed by atoms with E-state index >= 15 is 0 Å². The maximum absolute atomic E-state index is 12.5. The average molecular weight is 405 g/mol. The minimum absolute atomic E-state index is 0.0966. The Hall–Kier alpha value is -3.08. The van der Waals surface area contributed by atoms with Gasteiger partial charge in [0, 0.05) is 18.0 Å². The molecule has 156 valence electrons. The van der Waals surface area contributed by atoms with Crippen LogP contribution in [0.15, 0.2) is 60.7 Å². The monoisotopic (exact) mass is 405 g/mol. The minimum atomic E-state index is -0.473. The van der Waals surface area contributed by atoms with E-state index in [0.29, 0.717) is 31.6 Å². The van der Waals surface area contributed by atoms with Crippen LogP contribution in [0.3, 0.4) is 0 Å². The zero-order valence-electron chi connectivity index (χ0n) is 17.3. The zero-order chi connectivity index (χ0) is 21.1. The molecule has 1 aliphatic carbocycles. The van der Waals surface area contributed by atoms with Crippen molar-refractivity contribution in [3.8, 4) is 5.75 Å². The van der Waals surface area contributed by atoms with Crippen molar-refractivity contribution in [2.24, 2.45) is 11.3 Å². The van der Waals surface area contributed by atoms with Gasteiger partial charge >= 0.3 is 5.97 Å². The molecule has 1 aliphatic heterocycles. The number of carbonyl (C=O) groups excluding carboxylic acids is 2. The van der Waals surface area contributed by atoms with Gasteiger partial charge in [-0.3, -0.25) is 9.59 Å². The van der Waals surface area contributed by atoms with Gasteiger partial charge in [0.1, 0.15) is 5.75 Å². The van der Waals surface area contributed by atoms with Crippen LogP contribution in [-0.2, 0) is 22.4 Å². The normalized spacial score (nSPS) is 22.5. The number of allylic oxidation sites excluding steroid dienone is 1. The number of hydrogen-bond acceptors (Lipinski definition) is 4. The average Bonchev–Trinajstić information content (AvgIpc) is 3.22. The van der Waals surface area contributed by atoms with E-state index in [-0.39, 0.29) is 17.8 Å². The van der Waals surface area contributed by atoms with Crippen molar-refractivity contribution >= 4 is 11.9 Å². The third-order valence-electron chi connectivity index (χ3n) is 6.30. The van der Waals surface area contributed by atoms with Crippen LogP contribution in [0.5, 0.6) is 5.75 Å². The number of nitrogens with one attached hydrogen (secondary N) is 1. The third-order valence-corrected chi connectivity index (χ3v) is 6.30. The number of methoxy groups -OCH3 is 1. The Balaban J connectivity index is 1.33. The molecule has 2 atom stereocenters. The highest BCUT2D eigenvalue weighted by molar-refractivity contribution is 5.94. The Morgan fingerprint density at radius 2 is 1.87 bits per heavy atom. The highest BCUT2D eigenvalue weighted by Crippen LogP contribution is 2.52. The molecule has 2 aliphatic rings. The Bertz CT molecular complexity index is 948. The van der Waals surface area contributed by atoms with Gasteiger partial charge in [-0.25, -0.2) is 0 Å². The van der Waals surface area contributed by atoms with Gasteiger partial charge in [0.05, 0.1) is 19.1 Å². The van der Waals surface area contributed by atoms with Gasteiger partial charge < -0.3 is 14.8 Å². The number of rotatable bonds is 7. The van der Waals surface area contributed by atoms with Gasteiger partial charge in [-0.1, -0.05) is 36.4 Å². The summed E-state index contributed by atoms with van der Waals surface area (Å²) in [7, 11) is 1.64. The summed E-state index contributed by atoms with van der Waals surface area (Å²) in [6.07, 6.45) is 2.95. The molecule has 1 saturated carbocycles. The minimum Gasteiger partial charge on any atom is -0.497 e. The van der Waals surface area contributed by atoms with Crippen LogP contribution in [0.1, 0.15) is 34.3 Å². The number of carbonyl (C=O) groups is 2. The van der Waals surface area contributed by atoms with Crippen LogP contribution in [0, 0.1) is 11.3 Å². The lowest BCUT2D eigenvalue weighted by molar-refractivity contribution is -0.146. The van der Waals surface area contributed by atoms with Crippen molar-refractivity contribution < 1.29 is 19.1 Å². The number of cyclic esters (lactones) is 1. The topological polar surface area (TPSA) is 64.6 Å². The summed E-state index contributed by atoms with van der Waals surface area (Å²) < 4.78 is 10.5. The van der Waals surface area contributed by atoms with Crippen molar-refractivity contribution in [3.63, 3.8) is 0 Å². The molecule has 2 aromatic rings. The van der Waals surface area contributed by atoms with E-state index in [2.05, 4.69) is 11.9 Å². The second-order valence-corrected chi connectivity index (χ2v) is 8.31. The molecule has 0 aromatic heterocycles. The summed E-state index contributed by atoms with van der Waals surface area (Å²) in [5, 5.41) is 2.96. The fraction of sp³-hybridized carbons (Fsp3) is 0.360. The third kappa shape index (κ3) is 3.97. The maximum atomic E-state index is 12.5. The first-order valence-electron chi connectivity index (χ1n) is 10.3. The van der Waals surface area contributed by atoms with Crippen molar-refractivity contribution in [1.29, 1.82) is 0 Å². The Labute approximate surface area is 177 Å². The van der Waals surface area contributed by atoms with Gasteiger partial charge in [-0.2, -0.15) is 0 Å². The zero-order valence-corrected chi connectivity index (χ0v) is 17.3. The van der Waals surface area contributed by atoms with Gasteiger partial charge in [0.25, 0.3) is 5.91 Å². The Kier molecular flexibility index (Phi) is 5.62. The molecule has 0 bridgehead atoms. The highest BCUT2D eigenvalue weighted by Gasteiger charge is 2.55. The molecule has 30 heavy (non-hydrogen) atoms. The number of esters is 1. The standard InChI is InChI=1S/C25H27NO4/c1-17-13-21-16-30-24(28)25(21,14-17)15-19-3-7-20(8-4-19)23(27)26-12-11-18-5-9-22(29-2)10-6-18/h3-10,21H,1,11-16H2,2H3,(H,26,27)/t21-,25+/m1/s1. The van der Waals surface area contributed by atoms with Gasteiger partial charge in [-0.05, 0) is 61.1 Å². The van der Waals surface area contributed by atoms with Crippen molar-refractivity contribution in [3.05, 3.63) is 77.4 Å². The molecule has 2 fully saturated rings. The fourth-order valence-corrected chi connectivity index (χ4v) is 4.62. The molecule has 0 spiro atoms. The van der Waals surface area contributed by atoms with Crippen molar-refractivity contribution in [2.45, 2.75) is 25.7 Å². The van der Waals surface area contributed by atoms with Crippen molar-refractivity contribution in [2.75, 3.05) is 20.3 Å². The quantitative estimate of drug-likeness (QED) is 0.563. The largest absolute Gasteiger partial charge is 0.497 e. The second-order valence-electron chi connectivity index (χ2n) is 8.31. The maximum Gasteiger partial charge on any atom is 0.313 e. The highest BCUT2D eigenvalue weighted by atomic mass is 16.5. The molecule has 1 heterocycles. The molecule has 1 saturated heterocycles. The smallest absolute Gasteiger partial charge is 0.313 e. The molecule has 2 aromatic carbocycles. The van der Waals surface area contributed by atoms with Gasteiger partial charge in [-0.15, -0.1) is 0 Å². The predicted octanol–water partition coefficient (Wildman–Crippen LogP) is 3.72. The Morgan fingerprint density at radius 1 is 1.17 bits per heavy atom. The van der Waals surface area contributed by atoms with Crippen LogP contribution in [0.4, 0.5) is 0 Å².